The first-order chi connectivity index (χ1) is 15.5. The highest BCUT2D eigenvalue weighted by Crippen LogP contribution is 2.50. The Balaban J connectivity index is 1.34. The largest absolute Gasteiger partial charge is 0.355 e. The van der Waals surface area contributed by atoms with Gasteiger partial charge in [-0.3, -0.25) is 9.67 Å². The lowest BCUT2D eigenvalue weighted by molar-refractivity contribution is 0.187. The van der Waals surface area contributed by atoms with Gasteiger partial charge in [0, 0.05) is 49.8 Å². The van der Waals surface area contributed by atoms with Gasteiger partial charge >= 0.3 is 0 Å². The van der Waals surface area contributed by atoms with Gasteiger partial charge < -0.3 is 10.6 Å². The highest BCUT2D eigenvalue weighted by molar-refractivity contribution is 5.76. The van der Waals surface area contributed by atoms with Gasteiger partial charge in [0.2, 0.25) is 0 Å². The summed E-state index contributed by atoms with van der Waals surface area (Å²) in [4.78, 5) is 12.1. The lowest BCUT2D eigenvalue weighted by atomic mass is 9.73. The van der Waals surface area contributed by atoms with E-state index in [0.29, 0.717) is 0 Å². The predicted molar refractivity (Wildman–Crippen MR) is 123 cm³/mol. The monoisotopic (exact) mass is 428 g/mol. The van der Waals surface area contributed by atoms with Gasteiger partial charge in [0.05, 0.1) is 23.3 Å². The lowest BCUT2D eigenvalue weighted by Gasteiger charge is -2.42. The molecule has 4 aromatic rings. The molecule has 2 N–H and O–H groups in total. The maximum absolute atomic E-state index is 6.74. The molecule has 1 aliphatic heterocycles. The van der Waals surface area contributed by atoms with E-state index >= 15 is 0 Å². The molecule has 0 amide bonds. The normalized spacial score (nSPS) is 19.8. The SMILES string of the molecule is Cc1nn(C)cc1-c1c(C)nc(N2CCC3(CC2)Cc2ncccc2[C@H]3N)c2ccnn12. The lowest BCUT2D eigenvalue weighted by Crippen LogP contribution is -2.44. The number of aryl methyl sites for hydroxylation is 3. The van der Waals surface area contributed by atoms with Crippen LogP contribution in [0.1, 0.15) is 41.5 Å². The molecule has 1 atom stereocenters. The Bertz CT molecular complexity index is 1330. The van der Waals surface area contributed by atoms with Crippen molar-refractivity contribution in [2.24, 2.45) is 18.2 Å². The topological polar surface area (TPSA) is 90.2 Å². The van der Waals surface area contributed by atoms with Crippen LogP contribution in [0.25, 0.3) is 16.8 Å². The van der Waals surface area contributed by atoms with Gasteiger partial charge in [-0.15, -0.1) is 0 Å². The molecule has 1 aliphatic carbocycles. The van der Waals surface area contributed by atoms with Crippen LogP contribution in [0, 0.1) is 19.3 Å². The molecule has 32 heavy (non-hydrogen) atoms. The summed E-state index contributed by atoms with van der Waals surface area (Å²) in [6.07, 6.45) is 8.83. The van der Waals surface area contributed by atoms with Crippen LogP contribution in [0.4, 0.5) is 5.82 Å². The van der Waals surface area contributed by atoms with Crippen molar-refractivity contribution in [1.29, 1.82) is 0 Å². The van der Waals surface area contributed by atoms with E-state index in [1.807, 2.05) is 47.8 Å². The Morgan fingerprint density at radius 2 is 1.91 bits per heavy atom. The third-order valence-electron chi connectivity index (χ3n) is 7.47. The van der Waals surface area contributed by atoms with Crippen molar-refractivity contribution in [2.75, 3.05) is 18.0 Å². The molecule has 0 unspecified atom stereocenters. The highest BCUT2D eigenvalue weighted by Gasteiger charge is 2.46. The van der Waals surface area contributed by atoms with E-state index in [1.165, 1.54) is 11.3 Å². The minimum absolute atomic E-state index is 0.0639. The van der Waals surface area contributed by atoms with Crippen molar-refractivity contribution >= 4 is 11.3 Å². The van der Waals surface area contributed by atoms with E-state index in [2.05, 4.69) is 39.1 Å². The molecule has 0 aromatic carbocycles. The molecule has 5 heterocycles. The van der Waals surface area contributed by atoms with E-state index in [4.69, 9.17) is 10.7 Å². The molecule has 0 radical (unpaired) electrons. The second kappa shape index (κ2) is 6.87. The van der Waals surface area contributed by atoms with Crippen LogP contribution in [0.5, 0.6) is 0 Å². The Kier molecular flexibility index (Phi) is 4.17. The van der Waals surface area contributed by atoms with Gasteiger partial charge in [0.1, 0.15) is 5.52 Å². The third-order valence-corrected chi connectivity index (χ3v) is 7.47. The summed E-state index contributed by atoms with van der Waals surface area (Å²) in [6, 6.07) is 6.27. The number of nitrogens with two attached hydrogens (primary N) is 1. The smallest absolute Gasteiger partial charge is 0.155 e. The van der Waals surface area contributed by atoms with Gasteiger partial charge in [-0.05, 0) is 56.2 Å². The van der Waals surface area contributed by atoms with Gasteiger partial charge in [-0.1, -0.05) is 6.07 Å². The van der Waals surface area contributed by atoms with Crippen molar-refractivity contribution < 1.29 is 0 Å². The van der Waals surface area contributed by atoms with E-state index in [9.17, 15) is 0 Å². The van der Waals surface area contributed by atoms with E-state index in [-0.39, 0.29) is 11.5 Å². The van der Waals surface area contributed by atoms with Crippen molar-refractivity contribution in [2.45, 2.75) is 39.2 Å². The van der Waals surface area contributed by atoms with Gasteiger partial charge in [-0.25, -0.2) is 9.50 Å². The number of anilines is 1. The number of aromatic nitrogens is 6. The summed E-state index contributed by atoms with van der Waals surface area (Å²) in [7, 11) is 1.94. The summed E-state index contributed by atoms with van der Waals surface area (Å²) in [6.45, 7) is 5.95. The quantitative estimate of drug-likeness (QED) is 0.528. The highest BCUT2D eigenvalue weighted by atomic mass is 15.3. The first kappa shape index (κ1) is 19.4. The van der Waals surface area contributed by atoms with Crippen LogP contribution in [-0.4, -0.2) is 42.5 Å². The predicted octanol–water partition coefficient (Wildman–Crippen LogP) is 2.98. The number of nitrogens with zero attached hydrogens (tertiary/aromatic N) is 7. The molecular weight excluding hydrogens is 400 g/mol. The van der Waals surface area contributed by atoms with E-state index in [1.54, 1.807) is 0 Å². The van der Waals surface area contributed by atoms with Crippen molar-refractivity contribution in [3.05, 3.63) is 59.4 Å². The molecular formula is C24H28N8. The van der Waals surface area contributed by atoms with Crippen molar-refractivity contribution in [3.8, 4) is 11.3 Å². The van der Waals surface area contributed by atoms with Crippen LogP contribution >= 0.6 is 0 Å². The number of hydrogen-bond acceptors (Lipinski definition) is 6. The minimum atomic E-state index is 0.0639. The first-order valence-electron chi connectivity index (χ1n) is 11.3. The summed E-state index contributed by atoms with van der Waals surface area (Å²) < 4.78 is 3.86. The zero-order valence-electron chi connectivity index (χ0n) is 18.8. The maximum atomic E-state index is 6.74. The summed E-state index contributed by atoms with van der Waals surface area (Å²) in [5.41, 5.74) is 14.3. The zero-order chi connectivity index (χ0) is 22.0. The molecule has 0 saturated carbocycles. The molecule has 8 nitrogen and oxygen atoms in total. The van der Waals surface area contributed by atoms with Gasteiger partial charge in [-0.2, -0.15) is 10.2 Å². The first-order valence-corrected chi connectivity index (χ1v) is 11.3. The number of fused-ring (bicyclic) bond motifs is 2. The van der Waals surface area contributed by atoms with Crippen molar-refractivity contribution in [3.63, 3.8) is 0 Å². The average Bonchev–Trinajstić information content (AvgIpc) is 3.46. The Hall–Kier alpha value is -3.26. The van der Waals surface area contributed by atoms with E-state index < -0.39 is 0 Å². The average molecular weight is 429 g/mol. The fourth-order valence-electron chi connectivity index (χ4n) is 5.75. The molecule has 2 aliphatic rings. The molecule has 164 valence electrons. The summed E-state index contributed by atoms with van der Waals surface area (Å²) >= 11 is 0. The number of rotatable bonds is 2. The van der Waals surface area contributed by atoms with Gasteiger partial charge in [0.25, 0.3) is 0 Å². The van der Waals surface area contributed by atoms with Crippen LogP contribution in [0.2, 0.25) is 0 Å². The van der Waals surface area contributed by atoms with Gasteiger partial charge in [0.15, 0.2) is 5.82 Å². The molecule has 0 bridgehead atoms. The summed E-state index contributed by atoms with van der Waals surface area (Å²) in [5.74, 6) is 1.00. The molecule has 1 fully saturated rings. The second-order valence-electron chi connectivity index (χ2n) is 9.34. The second-order valence-corrected chi connectivity index (χ2v) is 9.34. The molecule has 6 rings (SSSR count). The van der Waals surface area contributed by atoms with Crippen LogP contribution < -0.4 is 10.6 Å². The van der Waals surface area contributed by atoms with Crippen LogP contribution in [-0.2, 0) is 13.5 Å². The fourth-order valence-corrected chi connectivity index (χ4v) is 5.75. The Morgan fingerprint density at radius 1 is 1.09 bits per heavy atom. The molecule has 8 heteroatoms. The standard InChI is InChI=1S/C24H28N8/c1-15-18(14-30(3)29-15)21-16(2)28-23(20-6-10-27-32(20)21)31-11-7-24(8-12-31)13-19-17(22(24)25)5-4-9-26-19/h4-6,9-10,14,22H,7-8,11-13,25H2,1-3H3/t22-/m1/s1. The zero-order valence-corrected chi connectivity index (χ0v) is 18.8. The maximum Gasteiger partial charge on any atom is 0.155 e. The third kappa shape index (κ3) is 2.72. The molecule has 4 aromatic heterocycles. The molecule has 1 spiro atoms. The Labute approximate surface area is 187 Å². The fraction of sp³-hybridized carbons (Fsp3) is 0.417. The summed E-state index contributed by atoms with van der Waals surface area (Å²) in [5, 5.41) is 9.17. The minimum Gasteiger partial charge on any atom is -0.355 e. The van der Waals surface area contributed by atoms with Crippen LogP contribution in [0.15, 0.2) is 36.8 Å². The number of piperidine rings is 1. The molecule has 1 saturated heterocycles. The van der Waals surface area contributed by atoms with Crippen molar-refractivity contribution in [1.82, 2.24) is 29.4 Å². The van der Waals surface area contributed by atoms with E-state index in [0.717, 1.165) is 66.3 Å². The van der Waals surface area contributed by atoms with Crippen LogP contribution in [0.3, 0.4) is 0 Å². The number of hydrogen-bond donors (Lipinski definition) is 1. The number of pyridine rings is 1. The Morgan fingerprint density at radius 3 is 2.62 bits per heavy atom.